The number of aromatic nitrogens is 1. The Hall–Kier alpha value is -2.90. The first-order chi connectivity index (χ1) is 12.8. The number of benzene rings is 1. The number of ether oxygens (including phenoxy) is 2. The second kappa shape index (κ2) is 7.15. The Kier molecular flexibility index (Phi) is 4.55. The highest BCUT2D eigenvalue weighted by Gasteiger charge is 2.22. The van der Waals surface area contributed by atoms with Gasteiger partial charge in [-0.3, -0.25) is 0 Å². The molecule has 0 amide bonds. The van der Waals surface area contributed by atoms with E-state index in [1.807, 2.05) is 29.6 Å². The van der Waals surface area contributed by atoms with E-state index in [0.717, 1.165) is 10.4 Å². The third-order valence-electron chi connectivity index (χ3n) is 3.81. The number of esters is 1. The molecule has 0 saturated carbocycles. The minimum atomic E-state index is -0.541. The van der Waals surface area contributed by atoms with Gasteiger partial charge in [0.1, 0.15) is 12.2 Å². The van der Waals surface area contributed by atoms with Crippen LogP contribution in [0, 0.1) is 0 Å². The van der Waals surface area contributed by atoms with Crippen LogP contribution in [0.15, 0.2) is 56.9 Å². The van der Waals surface area contributed by atoms with Crippen LogP contribution < -0.4 is 0 Å². The van der Waals surface area contributed by atoms with Gasteiger partial charge < -0.3 is 18.3 Å². The van der Waals surface area contributed by atoms with Crippen molar-refractivity contribution in [1.82, 2.24) is 4.98 Å². The summed E-state index contributed by atoms with van der Waals surface area (Å²) >= 11 is 1.43. The van der Waals surface area contributed by atoms with Crippen LogP contribution in [0.5, 0.6) is 0 Å². The average molecular weight is 369 g/mol. The highest BCUT2D eigenvalue weighted by atomic mass is 32.1. The Morgan fingerprint density at radius 1 is 1.19 bits per heavy atom. The molecule has 132 valence electrons. The molecule has 0 unspecified atom stereocenters. The summed E-state index contributed by atoms with van der Waals surface area (Å²) in [5.41, 5.74) is 1.96. The summed E-state index contributed by atoms with van der Waals surface area (Å²) in [6, 6.07) is 11.1. The molecule has 0 radical (unpaired) electrons. The number of nitrogens with zero attached hydrogens (tertiary/aromatic N) is 1. The smallest absolute Gasteiger partial charge is 0.375 e. The standard InChI is InChI=1S/C19H15NO5S/c1-22-10-14-13-5-2-3-6-15(13)25-17(14)19(21)24-9-12-11-26-18(20-12)16-7-4-8-23-16/h2-8,11H,9-10H2,1H3. The van der Waals surface area contributed by atoms with E-state index in [4.69, 9.17) is 18.3 Å². The van der Waals surface area contributed by atoms with Crippen molar-refractivity contribution in [2.45, 2.75) is 13.2 Å². The summed E-state index contributed by atoms with van der Waals surface area (Å²) in [7, 11) is 1.57. The maximum absolute atomic E-state index is 12.5. The van der Waals surface area contributed by atoms with Crippen LogP contribution in [0.4, 0.5) is 0 Å². The van der Waals surface area contributed by atoms with Crippen LogP contribution in [0.1, 0.15) is 21.8 Å². The number of hydrogen-bond donors (Lipinski definition) is 0. The molecule has 0 fully saturated rings. The van der Waals surface area contributed by atoms with Gasteiger partial charge in [0.25, 0.3) is 0 Å². The lowest BCUT2D eigenvalue weighted by molar-refractivity contribution is 0.0428. The van der Waals surface area contributed by atoms with Crippen molar-refractivity contribution < 1.29 is 23.1 Å². The molecule has 6 nitrogen and oxygen atoms in total. The molecular weight excluding hydrogens is 354 g/mol. The van der Waals surface area contributed by atoms with Gasteiger partial charge in [0.05, 0.1) is 18.6 Å². The molecule has 0 bridgehead atoms. The molecule has 26 heavy (non-hydrogen) atoms. The molecule has 4 rings (SSSR count). The number of rotatable bonds is 6. The zero-order valence-corrected chi connectivity index (χ0v) is 14.7. The molecular formula is C19H15NO5S. The van der Waals surface area contributed by atoms with Gasteiger partial charge in [-0.05, 0) is 18.2 Å². The molecule has 0 aliphatic rings. The molecule has 0 aliphatic heterocycles. The third-order valence-corrected chi connectivity index (χ3v) is 4.71. The van der Waals surface area contributed by atoms with Crippen molar-refractivity contribution >= 4 is 28.3 Å². The van der Waals surface area contributed by atoms with Crippen molar-refractivity contribution in [3.8, 4) is 10.8 Å². The van der Waals surface area contributed by atoms with E-state index in [-0.39, 0.29) is 19.0 Å². The highest BCUT2D eigenvalue weighted by Crippen LogP contribution is 2.28. The minimum Gasteiger partial charge on any atom is -0.462 e. The summed E-state index contributed by atoms with van der Waals surface area (Å²) in [6.07, 6.45) is 1.59. The highest BCUT2D eigenvalue weighted by molar-refractivity contribution is 7.13. The Morgan fingerprint density at radius 2 is 2.08 bits per heavy atom. The SMILES string of the molecule is COCc1c(C(=O)OCc2csc(-c3ccco3)n2)oc2ccccc12. The van der Waals surface area contributed by atoms with Gasteiger partial charge in [0, 0.05) is 23.4 Å². The van der Waals surface area contributed by atoms with E-state index >= 15 is 0 Å². The van der Waals surface area contributed by atoms with Gasteiger partial charge in [-0.1, -0.05) is 18.2 Å². The van der Waals surface area contributed by atoms with Crippen LogP contribution in [-0.2, 0) is 22.7 Å². The lowest BCUT2D eigenvalue weighted by atomic mass is 10.1. The fourth-order valence-corrected chi connectivity index (χ4v) is 3.41. The number of para-hydroxylation sites is 1. The van der Waals surface area contributed by atoms with E-state index in [2.05, 4.69) is 4.98 Å². The monoisotopic (exact) mass is 369 g/mol. The van der Waals surface area contributed by atoms with Gasteiger partial charge in [-0.2, -0.15) is 0 Å². The molecule has 0 aliphatic carbocycles. The molecule has 4 aromatic rings. The molecule has 3 heterocycles. The maximum Gasteiger partial charge on any atom is 0.375 e. The number of furan rings is 2. The first kappa shape index (κ1) is 16.6. The van der Waals surface area contributed by atoms with Gasteiger partial charge in [-0.25, -0.2) is 9.78 Å². The lowest BCUT2D eigenvalue weighted by Crippen LogP contribution is -2.07. The van der Waals surface area contributed by atoms with Crippen LogP contribution in [0.2, 0.25) is 0 Å². The van der Waals surface area contributed by atoms with E-state index in [1.54, 1.807) is 25.5 Å². The zero-order chi connectivity index (χ0) is 17.9. The lowest BCUT2D eigenvalue weighted by Gasteiger charge is -2.03. The number of fused-ring (bicyclic) bond motifs is 1. The van der Waals surface area contributed by atoms with Crippen molar-refractivity contribution in [1.29, 1.82) is 0 Å². The van der Waals surface area contributed by atoms with Crippen LogP contribution >= 0.6 is 11.3 Å². The predicted octanol–water partition coefficient (Wildman–Crippen LogP) is 4.65. The topological polar surface area (TPSA) is 74.7 Å². The number of hydrogen-bond acceptors (Lipinski definition) is 7. The fraction of sp³-hybridized carbons (Fsp3) is 0.158. The Morgan fingerprint density at radius 3 is 2.88 bits per heavy atom. The first-order valence-corrected chi connectivity index (χ1v) is 8.79. The molecule has 0 spiro atoms. The summed E-state index contributed by atoms with van der Waals surface area (Å²) < 4.78 is 21.6. The van der Waals surface area contributed by atoms with Crippen LogP contribution in [0.3, 0.4) is 0 Å². The van der Waals surface area contributed by atoms with E-state index < -0.39 is 5.97 Å². The molecule has 0 N–H and O–H groups in total. The van der Waals surface area contributed by atoms with Gasteiger partial charge in [0.2, 0.25) is 5.76 Å². The Bertz CT molecular complexity index is 1030. The van der Waals surface area contributed by atoms with E-state index in [1.165, 1.54) is 11.3 Å². The summed E-state index contributed by atoms with van der Waals surface area (Å²) in [5, 5.41) is 3.42. The summed E-state index contributed by atoms with van der Waals surface area (Å²) in [4.78, 5) is 16.9. The minimum absolute atomic E-state index is 0.0551. The second-order valence-electron chi connectivity index (χ2n) is 5.54. The third kappa shape index (κ3) is 3.14. The Labute approximate surface area is 153 Å². The fourth-order valence-electron chi connectivity index (χ4n) is 2.64. The van der Waals surface area contributed by atoms with Gasteiger partial charge >= 0.3 is 5.97 Å². The zero-order valence-electron chi connectivity index (χ0n) is 13.9. The van der Waals surface area contributed by atoms with Crippen molar-refractivity contribution in [3.05, 3.63) is 65.1 Å². The number of methoxy groups -OCH3 is 1. The van der Waals surface area contributed by atoms with Crippen molar-refractivity contribution in [3.63, 3.8) is 0 Å². The molecule has 0 saturated heterocycles. The molecule has 7 heteroatoms. The van der Waals surface area contributed by atoms with Crippen molar-refractivity contribution in [2.24, 2.45) is 0 Å². The quantitative estimate of drug-likeness (QED) is 0.461. The molecule has 1 aromatic carbocycles. The summed E-state index contributed by atoms with van der Waals surface area (Å²) in [6.45, 7) is 0.320. The number of carbonyl (C=O) groups excluding carboxylic acids is 1. The van der Waals surface area contributed by atoms with Crippen LogP contribution in [0.25, 0.3) is 21.7 Å². The summed E-state index contributed by atoms with van der Waals surface area (Å²) in [5.74, 6) is 0.308. The second-order valence-corrected chi connectivity index (χ2v) is 6.39. The van der Waals surface area contributed by atoms with E-state index in [0.29, 0.717) is 22.6 Å². The van der Waals surface area contributed by atoms with Gasteiger partial charge in [0.15, 0.2) is 10.8 Å². The average Bonchev–Trinajstić information content (AvgIpc) is 3.39. The maximum atomic E-state index is 12.5. The van der Waals surface area contributed by atoms with Gasteiger partial charge in [-0.15, -0.1) is 11.3 Å². The largest absolute Gasteiger partial charge is 0.462 e. The first-order valence-electron chi connectivity index (χ1n) is 7.91. The molecule has 0 atom stereocenters. The number of thiazole rings is 1. The van der Waals surface area contributed by atoms with E-state index in [9.17, 15) is 4.79 Å². The molecule has 3 aromatic heterocycles. The predicted molar refractivity (Wildman–Crippen MR) is 95.9 cm³/mol. The normalized spacial score (nSPS) is 11.1. The Balaban J connectivity index is 1.52. The van der Waals surface area contributed by atoms with Crippen LogP contribution in [-0.4, -0.2) is 18.1 Å². The van der Waals surface area contributed by atoms with Crippen molar-refractivity contribution in [2.75, 3.05) is 7.11 Å². The number of carbonyl (C=O) groups is 1.